The molecule has 0 aliphatic heterocycles. The first-order valence-corrected chi connectivity index (χ1v) is 4.03. The van der Waals surface area contributed by atoms with E-state index in [0.717, 1.165) is 12.8 Å². The summed E-state index contributed by atoms with van der Waals surface area (Å²) in [6, 6.07) is 0. The van der Waals surface area contributed by atoms with Gasteiger partial charge in [-0.3, -0.25) is 4.79 Å². The Bertz CT molecular complexity index is 155. The number of nitrogens with two attached hydrogens (primary N) is 1. The normalized spacial score (nSPS) is 38.5. The van der Waals surface area contributed by atoms with Gasteiger partial charge >= 0.3 is 0 Å². The summed E-state index contributed by atoms with van der Waals surface area (Å²) in [6.45, 7) is 1.81. The minimum Gasteiger partial charge on any atom is -0.390 e. The second-order valence-corrected chi connectivity index (χ2v) is 3.67. The molecule has 0 aromatic heterocycles. The largest absolute Gasteiger partial charge is 0.390 e. The van der Waals surface area contributed by atoms with Gasteiger partial charge in [0, 0.05) is 5.92 Å². The summed E-state index contributed by atoms with van der Waals surface area (Å²) >= 11 is 0. The van der Waals surface area contributed by atoms with Crippen molar-refractivity contribution in [3.8, 4) is 0 Å². The summed E-state index contributed by atoms with van der Waals surface area (Å²) in [6.07, 6.45) is 2.87. The van der Waals surface area contributed by atoms with Gasteiger partial charge in [-0.05, 0) is 32.6 Å². The molecule has 0 heterocycles. The van der Waals surface area contributed by atoms with Crippen LogP contribution in [0.25, 0.3) is 0 Å². The molecule has 0 aromatic carbocycles. The zero-order valence-corrected chi connectivity index (χ0v) is 6.84. The monoisotopic (exact) mass is 157 g/mol. The van der Waals surface area contributed by atoms with Crippen molar-refractivity contribution >= 4 is 5.91 Å². The van der Waals surface area contributed by atoms with Crippen molar-refractivity contribution in [3.63, 3.8) is 0 Å². The maximum Gasteiger partial charge on any atom is 0.220 e. The number of primary amides is 1. The molecule has 1 saturated carbocycles. The highest BCUT2D eigenvalue weighted by molar-refractivity contribution is 5.76. The van der Waals surface area contributed by atoms with Crippen molar-refractivity contribution in [1.82, 2.24) is 0 Å². The Hall–Kier alpha value is -0.570. The van der Waals surface area contributed by atoms with Crippen LogP contribution in [-0.4, -0.2) is 16.6 Å². The minimum atomic E-state index is -0.564. The van der Waals surface area contributed by atoms with E-state index in [-0.39, 0.29) is 11.8 Å². The van der Waals surface area contributed by atoms with Gasteiger partial charge in [0.25, 0.3) is 0 Å². The Morgan fingerprint density at radius 2 is 2.00 bits per heavy atom. The van der Waals surface area contributed by atoms with E-state index in [2.05, 4.69) is 0 Å². The van der Waals surface area contributed by atoms with Crippen LogP contribution < -0.4 is 5.73 Å². The molecule has 3 nitrogen and oxygen atoms in total. The molecule has 0 aromatic rings. The van der Waals surface area contributed by atoms with Crippen LogP contribution in [0, 0.1) is 5.92 Å². The predicted octanol–water partition coefficient (Wildman–Crippen LogP) is 0.413. The SMILES string of the molecule is C[C@]1(O)CC[C@H](C(N)=O)CC1. The van der Waals surface area contributed by atoms with Gasteiger partial charge in [0.2, 0.25) is 5.91 Å². The fourth-order valence-corrected chi connectivity index (χ4v) is 1.52. The molecule has 0 radical (unpaired) electrons. The molecule has 1 rings (SSSR count). The first-order valence-electron chi connectivity index (χ1n) is 4.03. The summed E-state index contributed by atoms with van der Waals surface area (Å²) in [5.41, 5.74) is 4.57. The van der Waals surface area contributed by atoms with E-state index in [1.54, 1.807) is 0 Å². The Kier molecular flexibility index (Phi) is 2.18. The Balaban J connectivity index is 2.42. The molecular weight excluding hydrogens is 142 g/mol. The lowest BCUT2D eigenvalue weighted by Gasteiger charge is -2.31. The molecule has 1 aliphatic carbocycles. The van der Waals surface area contributed by atoms with E-state index >= 15 is 0 Å². The fraction of sp³-hybridized carbons (Fsp3) is 0.875. The van der Waals surface area contributed by atoms with Crippen LogP contribution in [0.3, 0.4) is 0 Å². The summed E-state index contributed by atoms with van der Waals surface area (Å²) in [7, 11) is 0. The van der Waals surface area contributed by atoms with Gasteiger partial charge in [0.05, 0.1) is 5.60 Å². The third kappa shape index (κ3) is 2.19. The van der Waals surface area contributed by atoms with Gasteiger partial charge < -0.3 is 10.8 Å². The van der Waals surface area contributed by atoms with Crippen molar-refractivity contribution in [2.24, 2.45) is 11.7 Å². The highest BCUT2D eigenvalue weighted by Crippen LogP contribution is 2.31. The standard InChI is InChI=1S/C8H15NO2/c1-8(11)4-2-6(3-5-8)7(9)10/h6,11H,2-5H2,1H3,(H2,9,10)/t6-,8-. The molecule has 3 heteroatoms. The summed E-state index contributed by atoms with van der Waals surface area (Å²) in [5, 5.41) is 9.52. The summed E-state index contributed by atoms with van der Waals surface area (Å²) in [5.74, 6) is -0.226. The van der Waals surface area contributed by atoms with Gasteiger partial charge in [-0.1, -0.05) is 0 Å². The number of hydrogen-bond acceptors (Lipinski definition) is 2. The molecule has 0 saturated heterocycles. The van der Waals surface area contributed by atoms with Crippen LogP contribution in [-0.2, 0) is 4.79 Å². The van der Waals surface area contributed by atoms with Crippen LogP contribution in [0.1, 0.15) is 32.6 Å². The third-order valence-corrected chi connectivity index (χ3v) is 2.47. The van der Waals surface area contributed by atoms with Gasteiger partial charge in [-0.15, -0.1) is 0 Å². The van der Waals surface area contributed by atoms with E-state index in [1.807, 2.05) is 6.92 Å². The van der Waals surface area contributed by atoms with Crippen molar-refractivity contribution in [2.45, 2.75) is 38.2 Å². The third-order valence-electron chi connectivity index (χ3n) is 2.47. The highest BCUT2D eigenvalue weighted by atomic mass is 16.3. The van der Waals surface area contributed by atoms with Crippen LogP contribution in [0.2, 0.25) is 0 Å². The fourth-order valence-electron chi connectivity index (χ4n) is 1.52. The zero-order chi connectivity index (χ0) is 8.48. The molecule has 3 N–H and O–H groups in total. The Morgan fingerprint density at radius 1 is 1.55 bits per heavy atom. The Morgan fingerprint density at radius 3 is 2.36 bits per heavy atom. The number of hydrogen-bond donors (Lipinski definition) is 2. The number of carbonyl (C=O) groups is 1. The smallest absolute Gasteiger partial charge is 0.220 e. The van der Waals surface area contributed by atoms with Crippen molar-refractivity contribution in [1.29, 1.82) is 0 Å². The molecular formula is C8H15NO2. The van der Waals surface area contributed by atoms with E-state index in [1.165, 1.54) is 0 Å². The van der Waals surface area contributed by atoms with Crippen molar-refractivity contribution in [2.75, 3.05) is 0 Å². The van der Waals surface area contributed by atoms with Crippen molar-refractivity contribution in [3.05, 3.63) is 0 Å². The molecule has 1 aliphatic rings. The van der Waals surface area contributed by atoms with Crippen LogP contribution >= 0.6 is 0 Å². The molecule has 1 fully saturated rings. The van der Waals surface area contributed by atoms with Gasteiger partial charge in [-0.2, -0.15) is 0 Å². The number of carbonyl (C=O) groups excluding carboxylic acids is 1. The van der Waals surface area contributed by atoms with Crippen molar-refractivity contribution < 1.29 is 9.90 Å². The first-order chi connectivity index (χ1) is 5.01. The lowest BCUT2D eigenvalue weighted by molar-refractivity contribution is -0.124. The second-order valence-electron chi connectivity index (χ2n) is 3.67. The average Bonchev–Trinajstić information content (AvgIpc) is 1.86. The van der Waals surface area contributed by atoms with Gasteiger partial charge in [0.1, 0.15) is 0 Å². The quantitative estimate of drug-likeness (QED) is 0.579. The molecule has 1 amide bonds. The molecule has 0 atom stereocenters. The lowest BCUT2D eigenvalue weighted by atomic mass is 9.80. The van der Waals surface area contributed by atoms with E-state index in [0.29, 0.717) is 12.8 Å². The summed E-state index contributed by atoms with van der Waals surface area (Å²) < 4.78 is 0. The van der Waals surface area contributed by atoms with E-state index in [4.69, 9.17) is 5.73 Å². The van der Waals surface area contributed by atoms with Crippen LogP contribution in [0.15, 0.2) is 0 Å². The lowest BCUT2D eigenvalue weighted by Crippen LogP contribution is -2.35. The summed E-state index contributed by atoms with van der Waals surface area (Å²) in [4.78, 5) is 10.7. The van der Waals surface area contributed by atoms with Crippen LogP contribution in [0.4, 0.5) is 0 Å². The number of amides is 1. The topological polar surface area (TPSA) is 63.3 Å². The van der Waals surface area contributed by atoms with Gasteiger partial charge in [0.15, 0.2) is 0 Å². The predicted molar refractivity (Wildman–Crippen MR) is 41.8 cm³/mol. The second kappa shape index (κ2) is 2.81. The maximum atomic E-state index is 10.7. The first kappa shape index (κ1) is 8.53. The average molecular weight is 157 g/mol. The van der Waals surface area contributed by atoms with Gasteiger partial charge in [-0.25, -0.2) is 0 Å². The Labute approximate surface area is 66.6 Å². The number of rotatable bonds is 1. The molecule has 0 bridgehead atoms. The molecule has 64 valence electrons. The molecule has 0 spiro atoms. The molecule has 11 heavy (non-hydrogen) atoms. The maximum absolute atomic E-state index is 10.7. The van der Waals surface area contributed by atoms with E-state index in [9.17, 15) is 9.90 Å². The van der Waals surface area contributed by atoms with E-state index < -0.39 is 5.60 Å². The zero-order valence-electron chi connectivity index (χ0n) is 6.84. The molecule has 0 unspecified atom stereocenters. The van der Waals surface area contributed by atoms with Crippen LogP contribution in [0.5, 0.6) is 0 Å². The highest BCUT2D eigenvalue weighted by Gasteiger charge is 2.30. The minimum absolute atomic E-state index is 0.00442. The number of aliphatic hydroxyl groups is 1.